The van der Waals surface area contributed by atoms with Crippen molar-refractivity contribution in [1.82, 2.24) is 4.57 Å². The highest BCUT2D eigenvalue weighted by Gasteiger charge is 2.53. The smallest absolute Gasteiger partial charge is 0.143 e. The first-order chi connectivity index (χ1) is 54.6. The number of nitrogens with zero attached hydrogens (tertiary/aromatic N) is 3. The van der Waals surface area contributed by atoms with E-state index in [2.05, 4.69) is 375 Å². The lowest BCUT2D eigenvalue weighted by molar-refractivity contribution is 0.0887. The van der Waals surface area contributed by atoms with Crippen molar-refractivity contribution in [2.45, 2.75) is 65.8 Å². The molecule has 18 aromatic rings. The summed E-state index contributed by atoms with van der Waals surface area (Å²) in [6.45, 7) is 7.10. The molecule has 0 fully saturated rings. The van der Waals surface area contributed by atoms with Crippen molar-refractivity contribution in [3.8, 4) is 66.4 Å². The second-order valence-electron chi connectivity index (χ2n) is 31.2. The quantitative estimate of drug-likeness (QED) is 0.128. The number of aromatic nitrogens is 1. The molecule has 23 rings (SSSR count). The van der Waals surface area contributed by atoms with Crippen molar-refractivity contribution < 1.29 is 9.15 Å². The molecule has 3 aromatic heterocycles. The molecule has 0 bridgehead atoms. The number of hydrogen-bond donors (Lipinski definition) is 0. The molecule has 0 radical (unpaired) electrons. The van der Waals surface area contributed by atoms with Gasteiger partial charge in [0, 0.05) is 108 Å². The third kappa shape index (κ3) is 9.44. The zero-order chi connectivity index (χ0) is 73.6. The Morgan fingerprint density at radius 1 is 0.450 bits per heavy atom. The van der Waals surface area contributed by atoms with Crippen molar-refractivity contribution in [3.05, 3.63) is 384 Å². The summed E-state index contributed by atoms with van der Waals surface area (Å²) in [5.74, 6) is 1.06. The Morgan fingerprint density at radius 2 is 1.14 bits per heavy atom. The molecular weight excluding hydrogens is 1410 g/mol. The van der Waals surface area contributed by atoms with Crippen LogP contribution in [0.1, 0.15) is 78.5 Å². The average Bonchev–Trinajstić information content (AvgIpc) is 1.54. The molecule has 0 saturated heterocycles. The van der Waals surface area contributed by atoms with Gasteiger partial charge >= 0.3 is 0 Å². The van der Waals surface area contributed by atoms with Crippen LogP contribution in [-0.4, -0.2) is 10.2 Å². The number of furan rings is 1. The van der Waals surface area contributed by atoms with Crippen LogP contribution in [0.5, 0.6) is 5.75 Å². The predicted octanol–water partition coefficient (Wildman–Crippen LogP) is 29.2. The maximum Gasteiger partial charge on any atom is 0.143 e. The molecule has 8 heteroatoms. The Hall–Kier alpha value is -12.4. The van der Waals surface area contributed by atoms with Crippen LogP contribution in [0.25, 0.3) is 114 Å². The van der Waals surface area contributed by atoms with Crippen molar-refractivity contribution in [1.29, 1.82) is 0 Å². The molecule has 3 unspecified atom stereocenters. The van der Waals surface area contributed by atoms with Gasteiger partial charge in [0.2, 0.25) is 0 Å². The zero-order valence-electron chi connectivity index (χ0n) is 61.2. The van der Waals surface area contributed by atoms with Gasteiger partial charge in [-0.15, -0.1) is 11.3 Å². The highest BCUT2D eigenvalue weighted by atomic mass is 35.5. The van der Waals surface area contributed by atoms with Gasteiger partial charge in [0.05, 0.1) is 33.5 Å². The third-order valence-corrected chi connectivity index (χ3v) is 27.3. The lowest BCUT2D eigenvalue weighted by Gasteiger charge is -2.42. The van der Waals surface area contributed by atoms with Gasteiger partial charge in [-0.3, -0.25) is 0 Å². The van der Waals surface area contributed by atoms with E-state index >= 15 is 0 Å². The van der Waals surface area contributed by atoms with E-state index in [1.54, 1.807) is 0 Å². The van der Waals surface area contributed by atoms with Gasteiger partial charge in [0.25, 0.3) is 0 Å². The van der Waals surface area contributed by atoms with E-state index in [1.807, 2.05) is 23.1 Å². The van der Waals surface area contributed by atoms with E-state index in [1.165, 1.54) is 86.9 Å². The van der Waals surface area contributed by atoms with E-state index in [0.717, 1.165) is 129 Å². The fourth-order valence-electron chi connectivity index (χ4n) is 20.0. The largest absolute Gasteiger partial charge is 0.486 e. The molecular formula is C103H70ClN3O2S2. The van der Waals surface area contributed by atoms with Crippen LogP contribution >= 0.6 is 34.7 Å². The first kappa shape index (κ1) is 64.6. The lowest BCUT2D eigenvalue weighted by atomic mass is 9.67. The molecule has 5 heterocycles. The maximum absolute atomic E-state index is 7.41. The highest BCUT2D eigenvalue weighted by molar-refractivity contribution is 7.99. The number of halogens is 1. The first-order valence-electron chi connectivity index (χ1n) is 38.5. The summed E-state index contributed by atoms with van der Waals surface area (Å²) in [7, 11) is 0. The Balaban J connectivity index is 0.784. The van der Waals surface area contributed by atoms with E-state index in [4.69, 9.17) is 20.8 Å². The SMILES string of the molecule is CC1(C)c2ccccc2-c2cccc(-c3cccc(N(c4cc(-c5ccc6c(c5)c5ccccc5n6-c5ccccc5)c5oc6ccccc6c5c4)c4cccc5c4-c4ccccc4C54c5ccc(Cl)cc5Sc5c(N(c6ccccc6)c6cc7c(cc6-c6cc8ccccc8s6)C6C=CCCC6(C)O7)cccc54)c3)c21. The molecule has 0 amide bonds. The van der Waals surface area contributed by atoms with Gasteiger partial charge in [0.1, 0.15) is 22.5 Å². The fourth-order valence-corrected chi connectivity index (χ4v) is 22.6. The van der Waals surface area contributed by atoms with Crippen LogP contribution in [0.15, 0.2) is 354 Å². The van der Waals surface area contributed by atoms with Gasteiger partial charge in [-0.25, -0.2) is 0 Å². The molecule has 2 aliphatic heterocycles. The van der Waals surface area contributed by atoms with E-state index in [-0.39, 0.29) is 16.9 Å². The normalized spacial score (nSPS) is 17.2. The predicted molar refractivity (Wildman–Crippen MR) is 463 cm³/mol. The van der Waals surface area contributed by atoms with Gasteiger partial charge in [-0.05, 0) is 207 Å². The lowest BCUT2D eigenvalue weighted by Crippen LogP contribution is -2.35. The Morgan fingerprint density at radius 3 is 2.02 bits per heavy atom. The van der Waals surface area contributed by atoms with Crippen LogP contribution in [0, 0.1) is 0 Å². The Bertz CT molecular complexity index is 6990. The summed E-state index contributed by atoms with van der Waals surface area (Å²) in [5, 5.41) is 6.35. The molecule has 3 aliphatic carbocycles. The number of ether oxygens (including phenoxy) is 1. The number of allylic oxidation sites excluding steroid dienone is 1. The van der Waals surface area contributed by atoms with Gasteiger partial charge < -0.3 is 23.5 Å². The summed E-state index contributed by atoms with van der Waals surface area (Å²) < 4.78 is 18.2. The molecule has 0 saturated carbocycles. The van der Waals surface area contributed by atoms with Crippen molar-refractivity contribution in [2.24, 2.45) is 0 Å². The minimum atomic E-state index is -0.865. The van der Waals surface area contributed by atoms with Crippen molar-refractivity contribution in [2.75, 3.05) is 9.80 Å². The summed E-state index contributed by atoms with van der Waals surface area (Å²) in [4.78, 5) is 8.55. The number of para-hydroxylation sites is 4. The first-order valence-corrected chi connectivity index (χ1v) is 40.5. The number of thiophene rings is 1. The molecule has 528 valence electrons. The molecule has 15 aromatic carbocycles. The third-order valence-electron chi connectivity index (χ3n) is 24.7. The Kier molecular flexibility index (Phi) is 14.2. The van der Waals surface area contributed by atoms with Crippen molar-refractivity contribution >= 4 is 123 Å². The minimum Gasteiger partial charge on any atom is -0.486 e. The number of rotatable bonds is 10. The standard InChI is InChI=1S/C103H70ClN3O2S2/c1-101(2)81-39-15-11-33-71(81)74-38-23-37-70(98(74)101)62-27-22-32-68(54-62)105(69-58-76(99-78(59-69)73-35-14-18-47-92(73)108-99)63-49-52-88-77(55-63)72-34-13-17-44-87(72)106(88)66-28-6-4-7-29-66)89-45-24-42-85-97(89)75-36-12-16-41-83(75)103(85)84-51-50-65(104)57-96(84)111-100-86(103)43-25-46-90(100)107(67-30-8-5-9-31-67)91-61-93-79(82-40-20-21-53-102(82,3)109-93)60-80(91)95-56-64-26-10-19-48-94(64)110-95/h4-20,22-52,54-61,82H,21,53H2,1-3H3. The second kappa shape index (κ2) is 24.3. The molecule has 5 nitrogen and oxygen atoms in total. The monoisotopic (exact) mass is 1480 g/mol. The molecule has 5 aliphatic rings. The summed E-state index contributed by atoms with van der Waals surface area (Å²) in [6.07, 6.45) is 6.67. The summed E-state index contributed by atoms with van der Waals surface area (Å²) in [5.41, 5.74) is 29.0. The fraction of sp³-hybridized carbons (Fsp3) is 0.0874. The van der Waals surface area contributed by atoms with E-state index < -0.39 is 5.41 Å². The second-order valence-corrected chi connectivity index (χ2v) is 33.7. The molecule has 111 heavy (non-hydrogen) atoms. The number of fused-ring (bicyclic) bond motifs is 22. The van der Waals surface area contributed by atoms with Crippen LogP contribution in [-0.2, 0) is 10.8 Å². The summed E-state index contributed by atoms with van der Waals surface area (Å²) >= 11 is 11.1. The van der Waals surface area contributed by atoms with Crippen molar-refractivity contribution in [3.63, 3.8) is 0 Å². The van der Waals surface area contributed by atoms with E-state index in [0.29, 0.717) is 5.02 Å². The molecule has 1 spiro atoms. The maximum atomic E-state index is 7.41. The highest BCUT2D eigenvalue weighted by Crippen LogP contribution is 2.67. The van der Waals surface area contributed by atoms with Crippen LogP contribution in [0.4, 0.5) is 34.1 Å². The topological polar surface area (TPSA) is 33.8 Å². The molecule has 3 atom stereocenters. The van der Waals surface area contributed by atoms with Crippen LogP contribution in [0.3, 0.4) is 0 Å². The number of anilines is 6. The zero-order valence-corrected chi connectivity index (χ0v) is 63.6. The van der Waals surface area contributed by atoms with E-state index in [9.17, 15) is 0 Å². The number of hydrogen-bond acceptors (Lipinski definition) is 6. The van der Waals surface area contributed by atoms with Gasteiger partial charge in [-0.1, -0.05) is 256 Å². The number of benzene rings is 15. The van der Waals surface area contributed by atoms with Gasteiger partial charge in [-0.2, -0.15) is 0 Å². The minimum absolute atomic E-state index is 0.128. The Labute approximate surface area is 657 Å². The summed E-state index contributed by atoms with van der Waals surface area (Å²) in [6, 6.07) is 122. The van der Waals surface area contributed by atoms with Crippen LogP contribution < -0.4 is 14.5 Å². The molecule has 0 N–H and O–H groups in total. The van der Waals surface area contributed by atoms with Gasteiger partial charge in [0.15, 0.2) is 0 Å². The average molecular weight is 1480 g/mol. The van der Waals surface area contributed by atoms with Crippen LogP contribution in [0.2, 0.25) is 5.02 Å².